The first-order valence-corrected chi connectivity index (χ1v) is 7.75. The van der Waals surface area contributed by atoms with Crippen molar-refractivity contribution >= 4 is 9.84 Å². The van der Waals surface area contributed by atoms with Crippen LogP contribution >= 0.6 is 0 Å². The summed E-state index contributed by atoms with van der Waals surface area (Å²) in [6.07, 6.45) is 2.31. The van der Waals surface area contributed by atoms with E-state index in [0.717, 1.165) is 25.2 Å². The number of rotatable bonds is 1. The average Bonchev–Trinajstić information content (AvgIpc) is 2.80. The second-order valence-corrected chi connectivity index (χ2v) is 7.19. The van der Waals surface area contributed by atoms with Crippen molar-refractivity contribution < 1.29 is 8.42 Å². The molecule has 1 aromatic heterocycles. The molecule has 2 atom stereocenters. The second kappa shape index (κ2) is 3.78. The number of aromatic nitrogens is 3. The van der Waals surface area contributed by atoms with Crippen LogP contribution in [0.4, 0.5) is 0 Å². The third-order valence-electron chi connectivity index (χ3n) is 3.52. The third kappa shape index (κ3) is 2.09. The molecule has 6 nitrogen and oxygen atoms in total. The zero-order valence-corrected chi connectivity index (χ0v) is 10.4. The van der Waals surface area contributed by atoms with Crippen LogP contribution in [0.2, 0.25) is 0 Å². The summed E-state index contributed by atoms with van der Waals surface area (Å²) in [5.74, 6) is 2.04. The average molecular weight is 256 g/mol. The summed E-state index contributed by atoms with van der Waals surface area (Å²) < 4.78 is 24.7. The minimum absolute atomic E-state index is 0.0191. The summed E-state index contributed by atoms with van der Waals surface area (Å²) in [5, 5.41) is 4.42. The van der Waals surface area contributed by atoms with Crippen LogP contribution in [-0.4, -0.2) is 40.7 Å². The highest BCUT2D eigenvalue weighted by Gasteiger charge is 2.32. The minimum atomic E-state index is -2.87. The number of aryl methyl sites for hydroxylation is 1. The Morgan fingerprint density at radius 3 is 2.88 bits per heavy atom. The van der Waals surface area contributed by atoms with Gasteiger partial charge in [0.15, 0.2) is 15.7 Å². The van der Waals surface area contributed by atoms with Gasteiger partial charge in [0.05, 0.1) is 11.5 Å². The quantitative estimate of drug-likeness (QED) is 0.728. The molecule has 0 amide bonds. The Bertz CT molecular complexity index is 537. The number of nitrogens with two attached hydrogens (primary N) is 1. The Morgan fingerprint density at radius 1 is 1.35 bits per heavy atom. The molecule has 0 aliphatic carbocycles. The smallest absolute Gasteiger partial charge is 0.155 e. The molecular weight excluding hydrogens is 240 g/mol. The van der Waals surface area contributed by atoms with Crippen molar-refractivity contribution in [2.75, 3.05) is 11.5 Å². The molecule has 0 saturated carbocycles. The van der Waals surface area contributed by atoms with Gasteiger partial charge in [-0.05, 0) is 12.8 Å². The molecule has 3 rings (SSSR count). The topological polar surface area (TPSA) is 90.9 Å². The molecule has 2 unspecified atom stereocenters. The van der Waals surface area contributed by atoms with Crippen LogP contribution in [0, 0.1) is 0 Å². The summed E-state index contributed by atoms with van der Waals surface area (Å²) >= 11 is 0. The lowest BCUT2D eigenvalue weighted by molar-refractivity contribution is 0.431. The highest BCUT2D eigenvalue weighted by atomic mass is 32.2. The lowest BCUT2D eigenvalue weighted by atomic mass is 10.1. The van der Waals surface area contributed by atoms with E-state index in [0.29, 0.717) is 12.2 Å². The molecule has 1 aromatic rings. The van der Waals surface area contributed by atoms with E-state index < -0.39 is 9.84 Å². The SMILES string of the molecule is NC1CCn2nc(C3CCS(=O)(=O)C3)nc2C1. The van der Waals surface area contributed by atoms with Crippen LogP contribution in [0.15, 0.2) is 0 Å². The first kappa shape index (κ1) is 11.2. The van der Waals surface area contributed by atoms with Gasteiger partial charge < -0.3 is 5.73 Å². The Hall–Kier alpha value is -0.950. The highest BCUT2D eigenvalue weighted by Crippen LogP contribution is 2.27. The summed E-state index contributed by atoms with van der Waals surface area (Å²) in [4.78, 5) is 4.46. The van der Waals surface area contributed by atoms with E-state index in [1.165, 1.54) is 0 Å². The zero-order valence-electron chi connectivity index (χ0n) is 9.54. The van der Waals surface area contributed by atoms with E-state index in [4.69, 9.17) is 5.73 Å². The van der Waals surface area contributed by atoms with Gasteiger partial charge in [-0.15, -0.1) is 0 Å². The van der Waals surface area contributed by atoms with Gasteiger partial charge in [0.25, 0.3) is 0 Å². The second-order valence-electron chi connectivity index (χ2n) is 4.96. The first-order chi connectivity index (χ1) is 8.03. The number of hydrogen-bond donors (Lipinski definition) is 1. The predicted molar refractivity (Wildman–Crippen MR) is 62.3 cm³/mol. The van der Waals surface area contributed by atoms with Crippen molar-refractivity contribution in [1.29, 1.82) is 0 Å². The lowest BCUT2D eigenvalue weighted by Crippen LogP contribution is -2.31. The lowest BCUT2D eigenvalue weighted by Gasteiger charge is -2.17. The number of sulfone groups is 1. The largest absolute Gasteiger partial charge is 0.327 e. The van der Waals surface area contributed by atoms with E-state index in [-0.39, 0.29) is 23.5 Å². The molecule has 7 heteroatoms. The van der Waals surface area contributed by atoms with Crippen LogP contribution in [0.25, 0.3) is 0 Å². The van der Waals surface area contributed by atoms with Gasteiger partial charge in [-0.3, -0.25) is 0 Å². The maximum Gasteiger partial charge on any atom is 0.155 e. The molecule has 1 saturated heterocycles. The van der Waals surface area contributed by atoms with Crippen molar-refractivity contribution in [2.24, 2.45) is 5.73 Å². The van der Waals surface area contributed by atoms with Crippen LogP contribution in [0.3, 0.4) is 0 Å². The predicted octanol–water partition coefficient (Wildman–Crippen LogP) is -0.546. The number of nitrogens with zero attached hydrogens (tertiary/aromatic N) is 3. The molecule has 0 radical (unpaired) electrons. The van der Waals surface area contributed by atoms with E-state index >= 15 is 0 Å². The van der Waals surface area contributed by atoms with Crippen molar-refractivity contribution in [1.82, 2.24) is 14.8 Å². The number of fused-ring (bicyclic) bond motifs is 1. The molecule has 0 aromatic carbocycles. The van der Waals surface area contributed by atoms with Gasteiger partial charge in [0.2, 0.25) is 0 Å². The molecular formula is C10H16N4O2S. The Kier molecular flexibility index (Phi) is 2.48. The molecule has 2 aliphatic rings. The summed E-state index contributed by atoms with van der Waals surface area (Å²) in [7, 11) is -2.87. The minimum Gasteiger partial charge on any atom is -0.327 e. The van der Waals surface area contributed by atoms with Gasteiger partial charge >= 0.3 is 0 Å². The highest BCUT2D eigenvalue weighted by molar-refractivity contribution is 7.91. The maximum absolute atomic E-state index is 11.4. The van der Waals surface area contributed by atoms with Crippen LogP contribution in [0.5, 0.6) is 0 Å². The van der Waals surface area contributed by atoms with Crippen molar-refractivity contribution in [3.8, 4) is 0 Å². The maximum atomic E-state index is 11.4. The molecule has 17 heavy (non-hydrogen) atoms. The monoisotopic (exact) mass is 256 g/mol. The molecule has 0 spiro atoms. The molecule has 94 valence electrons. The third-order valence-corrected chi connectivity index (χ3v) is 5.29. The zero-order chi connectivity index (χ0) is 12.0. The van der Waals surface area contributed by atoms with Crippen molar-refractivity contribution in [2.45, 2.75) is 37.8 Å². The summed E-state index contributed by atoms with van der Waals surface area (Å²) in [6.45, 7) is 0.795. The van der Waals surface area contributed by atoms with Crippen molar-refractivity contribution in [3.63, 3.8) is 0 Å². The number of hydrogen-bond acceptors (Lipinski definition) is 5. The van der Waals surface area contributed by atoms with Gasteiger partial charge in [0, 0.05) is 24.9 Å². The summed E-state index contributed by atoms with van der Waals surface area (Å²) in [5.41, 5.74) is 5.88. The Balaban J connectivity index is 1.86. The fourth-order valence-electron chi connectivity index (χ4n) is 2.52. The van der Waals surface area contributed by atoms with E-state index in [9.17, 15) is 8.42 Å². The molecule has 0 bridgehead atoms. The van der Waals surface area contributed by atoms with Gasteiger partial charge in [-0.25, -0.2) is 18.1 Å². The van der Waals surface area contributed by atoms with E-state index in [1.54, 1.807) is 0 Å². The van der Waals surface area contributed by atoms with Gasteiger partial charge in [-0.1, -0.05) is 0 Å². The first-order valence-electron chi connectivity index (χ1n) is 5.93. The normalized spacial score (nSPS) is 31.4. The molecule has 2 aliphatic heterocycles. The Morgan fingerprint density at radius 2 is 2.18 bits per heavy atom. The fourth-order valence-corrected chi connectivity index (χ4v) is 4.26. The summed E-state index contributed by atoms with van der Waals surface area (Å²) in [6, 6.07) is 0.159. The fraction of sp³-hybridized carbons (Fsp3) is 0.800. The van der Waals surface area contributed by atoms with Crippen LogP contribution in [0.1, 0.15) is 30.4 Å². The van der Waals surface area contributed by atoms with Crippen LogP contribution < -0.4 is 5.73 Å². The van der Waals surface area contributed by atoms with Crippen LogP contribution in [-0.2, 0) is 22.8 Å². The standard InChI is InChI=1S/C10H16N4O2S/c11-8-1-3-14-9(5-8)12-10(13-14)7-2-4-17(15,16)6-7/h7-8H,1-6,11H2. The van der Waals surface area contributed by atoms with Gasteiger partial charge in [-0.2, -0.15) is 5.10 Å². The van der Waals surface area contributed by atoms with E-state index in [1.807, 2.05) is 4.68 Å². The Labute approximate surface area is 100 Å². The molecule has 3 heterocycles. The van der Waals surface area contributed by atoms with Crippen molar-refractivity contribution in [3.05, 3.63) is 11.6 Å². The van der Waals surface area contributed by atoms with E-state index in [2.05, 4.69) is 10.1 Å². The molecule has 2 N–H and O–H groups in total. The molecule has 1 fully saturated rings. The van der Waals surface area contributed by atoms with Gasteiger partial charge in [0.1, 0.15) is 5.82 Å².